The standard InChI is InChI=1S/C24H28N2O7/c1-10(27)16-21(30)19(26(4)5)13-9-11-8-12-14(25(2)3)6-7-15(28)18(12)20(29)17(11)23(32)24(13,33)22(16)31/h6-7,11,13,19,28-29,31,33H,8-9H2,1-5H3/p+1/t11-,13-,19-,24+/m0/s1. The van der Waals surface area contributed by atoms with E-state index in [1.165, 1.54) is 6.07 Å². The maximum atomic E-state index is 13.7. The molecule has 4 atom stereocenters. The maximum absolute atomic E-state index is 13.7. The summed E-state index contributed by atoms with van der Waals surface area (Å²) >= 11 is 0. The molecular weight excluding hydrogens is 428 g/mol. The number of hydrogen-bond acceptors (Lipinski definition) is 8. The molecule has 0 amide bonds. The first-order valence-corrected chi connectivity index (χ1v) is 10.9. The number of anilines is 1. The molecule has 5 N–H and O–H groups in total. The first-order chi connectivity index (χ1) is 15.3. The smallest absolute Gasteiger partial charge is 0.227 e. The quantitative estimate of drug-likeness (QED) is 0.391. The molecule has 0 aliphatic heterocycles. The van der Waals surface area contributed by atoms with E-state index in [-0.39, 0.29) is 23.3 Å². The number of benzene rings is 1. The Hall–Kier alpha value is -3.17. The van der Waals surface area contributed by atoms with Crippen molar-refractivity contribution >= 4 is 28.8 Å². The zero-order valence-corrected chi connectivity index (χ0v) is 19.3. The van der Waals surface area contributed by atoms with Crippen molar-refractivity contribution in [1.29, 1.82) is 0 Å². The van der Waals surface area contributed by atoms with E-state index in [4.69, 9.17) is 0 Å². The number of aliphatic hydroxyl groups excluding tert-OH is 2. The highest BCUT2D eigenvalue weighted by Crippen LogP contribution is 2.52. The van der Waals surface area contributed by atoms with Gasteiger partial charge >= 0.3 is 0 Å². The van der Waals surface area contributed by atoms with Crippen molar-refractivity contribution < 1.29 is 39.7 Å². The highest BCUT2D eigenvalue weighted by molar-refractivity contribution is 6.24. The molecule has 9 nitrogen and oxygen atoms in total. The Kier molecular flexibility index (Phi) is 5.18. The summed E-state index contributed by atoms with van der Waals surface area (Å²) in [6, 6.07) is 2.21. The number of likely N-dealkylation sites (N-methyl/N-ethyl adjacent to an activating group) is 1. The van der Waals surface area contributed by atoms with E-state index < -0.39 is 57.9 Å². The summed E-state index contributed by atoms with van der Waals surface area (Å²) in [5, 5.41) is 44.1. The van der Waals surface area contributed by atoms with E-state index >= 15 is 0 Å². The van der Waals surface area contributed by atoms with E-state index in [1.807, 2.05) is 19.0 Å². The van der Waals surface area contributed by atoms with E-state index in [9.17, 15) is 34.8 Å². The second kappa shape index (κ2) is 7.43. The zero-order valence-electron chi connectivity index (χ0n) is 19.3. The summed E-state index contributed by atoms with van der Waals surface area (Å²) in [7, 11) is 7.03. The lowest BCUT2D eigenvalue weighted by molar-refractivity contribution is -0.880. The predicted molar refractivity (Wildman–Crippen MR) is 119 cm³/mol. The minimum Gasteiger partial charge on any atom is -0.508 e. The number of Topliss-reactive ketones (excluding diaryl/α,β-unsaturated/α-hetero) is 3. The number of carbonyl (C=O) groups is 3. The maximum Gasteiger partial charge on any atom is 0.227 e. The largest absolute Gasteiger partial charge is 0.508 e. The SMILES string of the molecule is CC(=O)C1=C(O)[C@@]2(O)C(=O)C3=C(O)c4c(O)ccc(N(C)C)c4C[C@H]3C[C@H]2[C@H]([NH+](C)C)C1=O. The van der Waals surface area contributed by atoms with Crippen LogP contribution in [0.5, 0.6) is 5.75 Å². The molecule has 0 unspecified atom stereocenters. The van der Waals surface area contributed by atoms with Gasteiger partial charge in [-0.15, -0.1) is 0 Å². The van der Waals surface area contributed by atoms with E-state index in [2.05, 4.69) is 0 Å². The molecule has 0 spiro atoms. The van der Waals surface area contributed by atoms with Crippen molar-refractivity contribution in [1.82, 2.24) is 0 Å². The molecule has 0 radical (unpaired) electrons. The van der Waals surface area contributed by atoms with Gasteiger partial charge in [0.15, 0.2) is 17.4 Å². The summed E-state index contributed by atoms with van der Waals surface area (Å²) in [4.78, 5) is 41.5. The fourth-order valence-corrected chi connectivity index (χ4v) is 5.85. The summed E-state index contributed by atoms with van der Waals surface area (Å²) in [6.07, 6.45) is 0.420. The van der Waals surface area contributed by atoms with Crippen LogP contribution in [0.1, 0.15) is 24.5 Å². The summed E-state index contributed by atoms with van der Waals surface area (Å²) in [5.41, 5.74) is -1.69. The molecule has 1 aromatic rings. The first-order valence-electron chi connectivity index (χ1n) is 10.9. The number of phenols is 1. The minimum absolute atomic E-state index is 0.108. The van der Waals surface area contributed by atoms with E-state index in [0.717, 1.165) is 12.6 Å². The van der Waals surface area contributed by atoms with Gasteiger partial charge in [-0.3, -0.25) is 14.4 Å². The van der Waals surface area contributed by atoms with Crippen LogP contribution in [0, 0.1) is 11.8 Å². The molecule has 1 aromatic carbocycles. The van der Waals surface area contributed by atoms with Crippen molar-refractivity contribution in [3.05, 3.63) is 40.2 Å². The normalized spacial score (nSPS) is 29.1. The Balaban J connectivity index is 1.99. The third-order valence-corrected chi connectivity index (χ3v) is 7.27. The average Bonchev–Trinajstić information content (AvgIpc) is 2.70. The van der Waals surface area contributed by atoms with Gasteiger partial charge < -0.3 is 30.2 Å². The molecule has 1 fully saturated rings. The first kappa shape index (κ1) is 23.0. The average molecular weight is 458 g/mol. The molecular formula is C24H29N2O7+. The van der Waals surface area contributed by atoms with Gasteiger partial charge in [0.25, 0.3) is 0 Å². The van der Waals surface area contributed by atoms with Crippen molar-refractivity contribution in [3.63, 3.8) is 0 Å². The van der Waals surface area contributed by atoms with Gasteiger partial charge in [-0.25, -0.2) is 0 Å². The molecule has 176 valence electrons. The van der Waals surface area contributed by atoms with Gasteiger partial charge in [-0.05, 0) is 43.4 Å². The molecule has 0 aromatic heterocycles. The second-order valence-corrected chi connectivity index (χ2v) is 9.65. The number of fused-ring (bicyclic) bond motifs is 3. The third-order valence-electron chi connectivity index (χ3n) is 7.27. The summed E-state index contributed by atoms with van der Waals surface area (Å²) in [5.74, 6) is -5.46. The van der Waals surface area contributed by atoms with Gasteiger partial charge in [0.1, 0.15) is 22.8 Å². The Morgan fingerprint density at radius 1 is 1.15 bits per heavy atom. The Morgan fingerprint density at radius 3 is 2.33 bits per heavy atom. The van der Waals surface area contributed by atoms with Crippen molar-refractivity contribution in [2.75, 3.05) is 33.1 Å². The lowest BCUT2D eigenvalue weighted by Gasteiger charge is -2.49. The molecule has 0 bridgehead atoms. The summed E-state index contributed by atoms with van der Waals surface area (Å²) < 4.78 is 0. The molecule has 33 heavy (non-hydrogen) atoms. The number of aliphatic hydroxyl groups is 3. The molecule has 1 saturated carbocycles. The number of rotatable bonds is 3. The molecule has 0 saturated heterocycles. The van der Waals surface area contributed by atoms with Crippen LogP contribution in [0.15, 0.2) is 29.0 Å². The number of nitrogens with zero attached hydrogens (tertiary/aromatic N) is 1. The van der Waals surface area contributed by atoms with Gasteiger partial charge in [0.2, 0.25) is 11.6 Å². The number of carbonyl (C=O) groups excluding carboxylic acids is 3. The topological polar surface area (TPSA) is 140 Å². The molecule has 4 rings (SSSR count). The van der Waals surface area contributed by atoms with Crippen molar-refractivity contribution in [2.45, 2.75) is 31.4 Å². The predicted octanol–water partition coefficient (Wildman–Crippen LogP) is -0.283. The lowest BCUT2D eigenvalue weighted by Crippen LogP contribution is -3.13. The number of quaternary nitrogens is 1. The van der Waals surface area contributed by atoms with Crippen LogP contribution < -0.4 is 9.80 Å². The van der Waals surface area contributed by atoms with E-state index in [1.54, 1.807) is 20.2 Å². The fourth-order valence-electron chi connectivity index (χ4n) is 5.85. The van der Waals surface area contributed by atoms with Crippen molar-refractivity contribution in [3.8, 4) is 5.75 Å². The summed E-state index contributed by atoms with van der Waals surface area (Å²) in [6.45, 7) is 1.10. The highest BCUT2D eigenvalue weighted by Gasteiger charge is 2.65. The Labute approximate surface area is 191 Å². The van der Waals surface area contributed by atoms with Crippen LogP contribution in [0.2, 0.25) is 0 Å². The van der Waals surface area contributed by atoms with Crippen LogP contribution >= 0.6 is 0 Å². The fraction of sp³-hybridized carbons (Fsp3) is 0.458. The van der Waals surface area contributed by atoms with Crippen molar-refractivity contribution in [2.24, 2.45) is 11.8 Å². The van der Waals surface area contributed by atoms with Gasteiger partial charge in [-0.2, -0.15) is 0 Å². The van der Waals surface area contributed by atoms with Crippen LogP contribution in [0.4, 0.5) is 5.69 Å². The van der Waals surface area contributed by atoms with Crippen LogP contribution in [0.25, 0.3) is 5.76 Å². The number of phenolic OH excluding ortho intramolecular Hbond substituents is 1. The molecule has 9 heteroatoms. The molecule has 3 aliphatic rings. The van der Waals surface area contributed by atoms with Gasteiger partial charge in [0.05, 0.1) is 25.6 Å². The number of hydrogen-bond donors (Lipinski definition) is 5. The minimum atomic E-state index is -2.52. The van der Waals surface area contributed by atoms with Crippen LogP contribution in [-0.2, 0) is 20.8 Å². The highest BCUT2D eigenvalue weighted by atomic mass is 16.3. The van der Waals surface area contributed by atoms with E-state index in [0.29, 0.717) is 16.9 Å². The molecule has 3 aliphatic carbocycles. The number of ketones is 3. The number of nitrogens with one attached hydrogen (secondary N) is 1. The zero-order chi connectivity index (χ0) is 24.6. The monoisotopic (exact) mass is 457 g/mol. The third kappa shape index (κ3) is 2.95. The van der Waals surface area contributed by atoms with Crippen LogP contribution in [0.3, 0.4) is 0 Å². The Bertz CT molecular complexity index is 1160. The van der Waals surface area contributed by atoms with Gasteiger partial charge in [0, 0.05) is 25.4 Å². The molecule has 0 heterocycles. The number of aromatic hydroxyl groups is 1. The van der Waals surface area contributed by atoms with Gasteiger partial charge in [-0.1, -0.05) is 0 Å². The Morgan fingerprint density at radius 2 is 1.79 bits per heavy atom. The van der Waals surface area contributed by atoms with Crippen LogP contribution in [-0.4, -0.2) is 77.6 Å². The lowest BCUT2D eigenvalue weighted by atomic mass is 9.57. The second-order valence-electron chi connectivity index (χ2n) is 9.65.